The highest BCUT2D eigenvalue weighted by Crippen LogP contribution is 2.32. The number of nitrogen functional groups attached to an aromatic ring is 1. The van der Waals surface area contributed by atoms with E-state index in [4.69, 9.17) is 5.73 Å². The number of carbonyl (C=O) groups is 2. The fourth-order valence-electron chi connectivity index (χ4n) is 3.70. The minimum Gasteiger partial charge on any atom is -0.398 e. The van der Waals surface area contributed by atoms with Crippen molar-refractivity contribution in [1.82, 2.24) is 9.88 Å². The smallest absolute Gasteiger partial charge is 0.264 e. The van der Waals surface area contributed by atoms with Gasteiger partial charge in [-0.3, -0.25) is 18.9 Å². The number of likely N-dealkylation sites (N-methyl/N-ethyl adjacent to an activating group) is 1. The van der Waals surface area contributed by atoms with E-state index in [0.717, 1.165) is 9.87 Å². The first-order chi connectivity index (χ1) is 16.6. The number of Topliss-reactive ketones (excluding diaryl/α,β-unsaturated/α-hetero) is 1. The molecule has 0 bridgehead atoms. The first-order valence-corrected chi connectivity index (χ1v) is 12.7. The Morgan fingerprint density at radius 1 is 1.00 bits per heavy atom. The summed E-state index contributed by atoms with van der Waals surface area (Å²) < 4.78 is 28.7. The third-order valence-electron chi connectivity index (χ3n) is 5.91. The minimum absolute atomic E-state index is 0.0263. The van der Waals surface area contributed by atoms with E-state index in [1.165, 1.54) is 31.2 Å². The van der Waals surface area contributed by atoms with Gasteiger partial charge in [0.2, 0.25) is 5.91 Å². The molecule has 0 spiro atoms. The molecule has 8 nitrogen and oxygen atoms in total. The lowest BCUT2D eigenvalue weighted by Gasteiger charge is -2.29. The molecule has 1 heterocycles. The number of carbonyl (C=O) groups excluding carboxylic acids is 2. The lowest BCUT2D eigenvalue weighted by molar-refractivity contribution is -0.130. The topological polar surface area (TPSA) is 114 Å². The van der Waals surface area contributed by atoms with Crippen LogP contribution in [0.4, 0.5) is 11.4 Å². The molecule has 2 aromatic carbocycles. The van der Waals surface area contributed by atoms with E-state index in [1.807, 2.05) is 26.0 Å². The van der Waals surface area contributed by atoms with Crippen LogP contribution in [0.25, 0.3) is 0 Å². The monoisotopic (exact) mass is 494 g/mol. The van der Waals surface area contributed by atoms with Crippen molar-refractivity contribution in [2.75, 3.05) is 23.1 Å². The maximum atomic E-state index is 13.8. The fraction of sp³-hybridized carbons (Fsp3) is 0.269. The van der Waals surface area contributed by atoms with E-state index >= 15 is 0 Å². The number of nitrogens with zero attached hydrogens (tertiary/aromatic N) is 3. The molecule has 0 radical (unpaired) electrons. The second kappa shape index (κ2) is 10.7. The molecule has 184 valence electrons. The molecule has 0 saturated heterocycles. The van der Waals surface area contributed by atoms with Crippen LogP contribution in [0.3, 0.4) is 0 Å². The van der Waals surface area contributed by atoms with Gasteiger partial charge in [-0.2, -0.15) is 0 Å². The number of rotatable bonds is 9. The van der Waals surface area contributed by atoms with Gasteiger partial charge >= 0.3 is 0 Å². The lowest BCUT2D eigenvalue weighted by atomic mass is 10.1. The van der Waals surface area contributed by atoms with Crippen molar-refractivity contribution in [3.05, 3.63) is 83.2 Å². The molecular formula is C26H30N4O4S. The summed E-state index contributed by atoms with van der Waals surface area (Å²) in [6.45, 7) is 7.03. The lowest BCUT2D eigenvalue weighted by Crippen LogP contribution is -2.43. The van der Waals surface area contributed by atoms with Gasteiger partial charge in [0.25, 0.3) is 10.0 Å². The van der Waals surface area contributed by atoms with E-state index in [9.17, 15) is 18.0 Å². The molecule has 1 aromatic heterocycles. The predicted molar refractivity (Wildman–Crippen MR) is 137 cm³/mol. The van der Waals surface area contributed by atoms with Crippen molar-refractivity contribution < 1.29 is 18.0 Å². The Morgan fingerprint density at radius 3 is 2.26 bits per heavy atom. The number of aryl methyl sites for hydroxylation is 1. The molecule has 0 aliphatic carbocycles. The van der Waals surface area contributed by atoms with Crippen LogP contribution in [-0.2, 0) is 21.4 Å². The maximum absolute atomic E-state index is 13.8. The van der Waals surface area contributed by atoms with Crippen LogP contribution in [-0.4, -0.2) is 43.1 Å². The number of aromatic nitrogens is 1. The highest BCUT2D eigenvalue weighted by molar-refractivity contribution is 7.92. The Kier molecular flexibility index (Phi) is 7.91. The van der Waals surface area contributed by atoms with Crippen LogP contribution in [0, 0.1) is 13.8 Å². The van der Waals surface area contributed by atoms with Gasteiger partial charge in [0, 0.05) is 24.0 Å². The van der Waals surface area contributed by atoms with Crippen LogP contribution in [0.15, 0.2) is 65.7 Å². The SMILES string of the molecule is CCN(Cc1ccccn1)C(=O)CN(c1ccc(C)c(N)c1C)S(=O)(=O)c1ccc(C(C)=O)cc1. The number of hydrogen-bond acceptors (Lipinski definition) is 6. The third kappa shape index (κ3) is 5.68. The summed E-state index contributed by atoms with van der Waals surface area (Å²) in [6.07, 6.45) is 1.65. The second-order valence-corrected chi connectivity index (χ2v) is 10.1. The Hall–Kier alpha value is -3.72. The van der Waals surface area contributed by atoms with E-state index < -0.39 is 16.6 Å². The van der Waals surface area contributed by atoms with Crippen LogP contribution in [0.1, 0.15) is 41.0 Å². The quantitative estimate of drug-likeness (QED) is 0.358. The van der Waals surface area contributed by atoms with E-state index in [-0.39, 0.29) is 23.1 Å². The molecule has 0 saturated carbocycles. The van der Waals surface area contributed by atoms with Gasteiger partial charge in [-0.15, -0.1) is 0 Å². The zero-order chi connectivity index (χ0) is 25.8. The van der Waals surface area contributed by atoms with Crippen molar-refractivity contribution in [1.29, 1.82) is 0 Å². The summed E-state index contributed by atoms with van der Waals surface area (Å²) in [4.78, 5) is 30.8. The summed E-state index contributed by atoms with van der Waals surface area (Å²) in [6, 6.07) is 14.5. The fourth-order valence-corrected chi connectivity index (χ4v) is 5.17. The highest BCUT2D eigenvalue weighted by atomic mass is 32.2. The Bertz CT molecular complexity index is 1320. The number of hydrogen-bond donors (Lipinski definition) is 1. The molecular weight excluding hydrogens is 464 g/mol. The first-order valence-electron chi connectivity index (χ1n) is 11.2. The number of amides is 1. The van der Waals surface area contributed by atoms with Crippen LogP contribution < -0.4 is 10.0 Å². The number of benzene rings is 2. The molecule has 0 fully saturated rings. The zero-order valence-corrected chi connectivity index (χ0v) is 21.2. The Balaban J connectivity index is 2.04. The van der Waals surface area contributed by atoms with E-state index in [2.05, 4.69) is 4.98 Å². The second-order valence-electron chi connectivity index (χ2n) is 8.26. The molecule has 0 aliphatic rings. The van der Waals surface area contributed by atoms with Crippen LogP contribution >= 0.6 is 0 Å². The molecule has 2 N–H and O–H groups in total. The minimum atomic E-state index is -4.15. The summed E-state index contributed by atoms with van der Waals surface area (Å²) in [5.41, 5.74) is 9.47. The number of nitrogens with two attached hydrogens (primary N) is 1. The Morgan fingerprint density at radius 2 is 1.69 bits per heavy atom. The highest BCUT2D eigenvalue weighted by Gasteiger charge is 2.30. The van der Waals surface area contributed by atoms with Gasteiger partial charge in [-0.05, 0) is 69.2 Å². The average molecular weight is 495 g/mol. The predicted octanol–water partition coefficient (Wildman–Crippen LogP) is 3.73. The Labute approximate surface area is 206 Å². The number of ketones is 1. The number of pyridine rings is 1. The van der Waals surface area contributed by atoms with Gasteiger partial charge in [0.15, 0.2) is 5.78 Å². The molecule has 3 aromatic rings. The van der Waals surface area contributed by atoms with E-state index in [0.29, 0.717) is 34.7 Å². The van der Waals surface area contributed by atoms with Gasteiger partial charge in [0.05, 0.1) is 22.8 Å². The van der Waals surface area contributed by atoms with Crippen LogP contribution in [0.2, 0.25) is 0 Å². The van der Waals surface area contributed by atoms with Gasteiger partial charge in [-0.1, -0.05) is 24.3 Å². The zero-order valence-electron chi connectivity index (χ0n) is 20.4. The average Bonchev–Trinajstić information content (AvgIpc) is 2.85. The molecule has 0 aliphatic heterocycles. The molecule has 0 unspecified atom stereocenters. The molecule has 1 amide bonds. The van der Waals surface area contributed by atoms with Crippen LogP contribution in [0.5, 0.6) is 0 Å². The summed E-state index contributed by atoms with van der Waals surface area (Å²) in [7, 11) is -4.15. The molecule has 3 rings (SSSR count). The summed E-state index contributed by atoms with van der Waals surface area (Å²) in [5.74, 6) is -0.545. The van der Waals surface area contributed by atoms with E-state index in [1.54, 1.807) is 36.2 Å². The maximum Gasteiger partial charge on any atom is 0.264 e. The summed E-state index contributed by atoms with van der Waals surface area (Å²) >= 11 is 0. The summed E-state index contributed by atoms with van der Waals surface area (Å²) in [5, 5.41) is 0. The van der Waals surface area contributed by atoms with Crippen molar-refractivity contribution in [2.45, 2.75) is 39.1 Å². The van der Waals surface area contributed by atoms with Gasteiger partial charge < -0.3 is 10.6 Å². The largest absolute Gasteiger partial charge is 0.398 e. The van der Waals surface area contributed by atoms with Crippen molar-refractivity contribution in [3.8, 4) is 0 Å². The third-order valence-corrected chi connectivity index (χ3v) is 7.69. The number of sulfonamides is 1. The molecule has 0 atom stereocenters. The van der Waals surface area contributed by atoms with Crippen molar-refractivity contribution >= 4 is 33.1 Å². The standard InChI is InChI=1S/C26H30N4O4S/c1-5-29(16-22-8-6-7-15-28-22)25(32)17-30(24-14-9-18(2)26(27)19(24)3)35(33,34)23-12-10-21(11-13-23)20(4)31/h6-15H,5,16-17,27H2,1-4H3. The first kappa shape index (κ1) is 25.9. The number of anilines is 2. The normalized spacial score (nSPS) is 11.2. The van der Waals surface area contributed by atoms with Gasteiger partial charge in [-0.25, -0.2) is 8.42 Å². The van der Waals surface area contributed by atoms with Crippen molar-refractivity contribution in [2.24, 2.45) is 0 Å². The molecule has 9 heteroatoms. The molecule has 35 heavy (non-hydrogen) atoms. The van der Waals surface area contributed by atoms with Gasteiger partial charge in [0.1, 0.15) is 6.54 Å². The van der Waals surface area contributed by atoms with Crippen molar-refractivity contribution in [3.63, 3.8) is 0 Å².